The van der Waals surface area contributed by atoms with Crippen molar-refractivity contribution in [2.45, 2.75) is 52.0 Å². The second-order valence-corrected chi connectivity index (χ2v) is 9.93. The number of thiocarbonyl (C=S) groups is 1. The van der Waals surface area contributed by atoms with E-state index in [0.29, 0.717) is 17.4 Å². The van der Waals surface area contributed by atoms with Crippen LogP contribution < -0.4 is 19.9 Å². The van der Waals surface area contributed by atoms with E-state index in [0.717, 1.165) is 24.9 Å². The van der Waals surface area contributed by atoms with Crippen molar-refractivity contribution in [1.82, 2.24) is 5.32 Å². The number of anilines is 2. The van der Waals surface area contributed by atoms with Gasteiger partial charge in [-0.2, -0.15) is 0 Å². The largest absolute Gasteiger partial charge is 0.497 e. The molecule has 1 N–H and O–H groups in total. The Kier molecular flexibility index (Phi) is 6.49. The van der Waals surface area contributed by atoms with E-state index in [2.05, 4.69) is 50.0 Å². The maximum Gasteiger partial charge on any atom is 0.270 e. The minimum absolute atomic E-state index is 0.0542. The van der Waals surface area contributed by atoms with Crippen LogP contribution in [0.15, 0.2) is 48.0 Å². The molecule has 1 unspecified atom stereocenters. The van der Waals surface area contributed by atoms with Crippen LogP contribution in [0.4, 0.5) is 11.4 Å². The van der Waals surface area contributed by atoms with Gasteiger partial charge in [0.05, 0.1) is 12.8 Å². The SMILES string of the molecule is CCCN1c2ccc(/C=C3/C(=O)NC(=S)N(c4ccc(OC)cc4)C3=O)cc2C(C)CC1(C)C. The van der Waals surface area contributed by atoms with Gasteiger partial charge in [-0.25, -0.2) is 0 Å². The normalized spacial score (nSPS) is 20.9. The lowest BCUT2D eigenvalue weighted by molar-refractivity contribution is -0.122. The smallest absolute Gasteiger partial charge is 0.270 e. The summed E-state index contributed by atoms with van der Waals surface area (Å²) in [6, 6.07) is 13.2. The average Bonchev–Trinajstić information content (AvgIpc) is 2.79. The predicted octanol–water partition coefficient (Wildman–Crippen LogP) is 5.03. The highest BCUT2D eigenvalue weighted by Gasteiger charge is 2.37. The first kappa shape index (κ1) is 24.0. The van der Waals surface area contributed by atoms with Gasteiger partial charge in [0.2, 0.25) is 0 Å². The standard InChI is InChI=1S/C27H31N3O3S/c1-6-13-29-23-12-7-18(14-21(23)17(2)16-27(29,3)4)15-22-24(31)28-26(34)30(25(22)32)19-8-10-20(33-5)11-9-19/h7-12,14-15,17H,6,13,16H2,1-5H3,(H,28,31,34)/b22-15-. The number of fused-ring (bicyclic) bond motifs is 1. The monoisotopic (exact) mass is 477 g/mol. The van der Waals surface area contributed by atoms with Crippen LogP contribution in [0.1, 0.15) is 57.6 Å². The summed E-state index contributed by atoms with van der Waals surface area (Å²) in [4.78, 5) is 29.9. The summed E-state index contributed by atoms with van der Waals surface area (Å²) in [5, 5.41) is 2.72. The molecule has 1 fully saturated rings. The molecule has 2 aliphatic heterocycles. The van der Waals surface area contributed by atoms with Gasteiger partial charge in [-0.1, -0.05) is 19.9 Å². The van der Waals surface area contributed by atoms with E-state index in [1.807, 2.05) is 6.07 Å². The quantitative estimate of drug-likeness (QED) is 0.372. The van der Waals surface area contributed by atoms with Gasteiger partial charge in [-0.3, -0.25) is 19.8 Å². The number of ether oxygens (including phenoxy) is 1. The second-order valence-electron chi connectivity index (χ2n) is 9.54. The number of carbonyl (C=O) groups excluding carboxylic acids is 2. The van der Waals surface area contributed by atoms with Crippen molar-refractivity contribution in [2.24, 2.45) is 0 Å². The molecular formula is C27H31N3O3S. The van der Waals surface area contributed by atoms with Crippen molar-refractivity contribution >= 4 is 46.6 Å². The number of hydrogen-bond acceptors (Lipinski definition) is 5. The van der Waals surface area contributed by atoms with E-state index >= 15 is 0 Å². The van der Waals surface area contributed by atoms with Gasteiger partial charge in [0.15, 0.2) is 5.11 Å². The molecule has 7 heteroatoms. The van der Waals surface area contributed by atoms with Crippen molar-refractivity contribution in [3.05, 3.63) is 59.2 Å². The summed E-state index contributed by atoms with van der Waals surface area (Å²) in [6.45, 7) is 10.0. The lowest BCUT2D eigenvalue weighted by Crippen LogP contribution is -2.54. The number of benzene rings is 2. The maximum absolute atomic E-state index is 13.4. The predicted molar refractivity (Wildman–Crippen MR) is 140 cm³/mol. The Balaban J connectivity index is 1.70. The molecule has 6 nitrogen and oxygen atoms in total. The van der Waals surface area contributed by atoms with Crippen molar-refractivity contribution < 1.29 is 14.3 Å². The van der Waals surface area contributed by atoms with Crippen molar-refractivity contribution in [3.63, 3.8) is 0 Å². The molecule has 4 rings (SSSR count). The van der Waals surface area contributed by atoms with Crippen LogP contribution in [0, 0.1) is 0 Å². The van der Waals surface area contributed by atoms with Gasteiger partial charge in [-0.05, 0) is 98.4 Å². The molecule has 34 heavy (non-hydrogen) atoms. The summed E-state index contributed by atoms with van der Waals surface area (Å²) in [5.41, 5.74) is 4.00. The summed E-state index contributed by atoms with van der Waals surface area (Å²) >= 11 is 5.31. The number of rotatable bonds is 5. The van der Waals surface area contributed by atoms with E-state index in [-0.39, 0.29) is 16.2 Å². The zero-order valence-electron chi connectivity index (χ0n) is 20.3. The number of hydrogen-bond donors (Lipinski definition) is 1. The molecule has 2 aliphatic rings. The van der Waals surface area contributed by atoms with E-state index < -0.39 is 11.8 Å². The molecule has 2 amide bonds. The first-order chi connectivity index (χ1) is 16.2. The molecular weight excluding hydrogens is 446 g/mol. The zero-order valence-corrected chi connectivity index (χ0v) is 21.2. The summed E-state index contributed by atoms with van der Waals surface area (Å²) in [7, 11) is 1.58. The van der Waals surface area contributed by atoms with Crippen LogP contribution in [-0.4, -0.2) is 36.1 Å². The summed E-state index contributed by atoms with van der Waals surface area (Å²) in [6.07, 6.45) is 3.77. The minimum Gasteiger partial charge on any atom is -0.497 e. The molecule has 0 bridgehead atoms. The fourth-order valence-corrected chi connectivity index (χ4v) is 5.32. The number of carbonyl (C=O) groups is 2. The molecule has 2 heterocycles. The highest BCUT2D eigenvalue weighted by Crippen LogP contribution is 2.43. The lowest BCUT2D eigenvalue weighted by Gasteiger charge is -2.47. The Bertz CT molecular complexity index is 1170. The molecule has 178 valence electrons. The van der Waals surface area contributed by atoms with Gasteiger partial charge < -0.3 is 9.64 Å². The number of amides is 2. The minimum atomic E-state index is -0.487. The number of nitrogens with one attached hydrogen (secondary N) is 1. The van der Waals surface area contributed by atoms with Gasteiger partial charge in [-0.15, -0.1) is 0 Å². The van der Waals surface area contributed by atoms with Crippen LogP contribution in [0.3, 0.4) is 0 Å². The van der Waals surface area contributed by atoms with E-state index in [1.54, 1.807) is 37.5 Å². The third kappa shape index (κ3) is 4.32. The molecule has 0 radical (unpaired) electrons. The molecule has 1 saturated heterocycles. The van der Waals surface area contributed by atoms with Gasteiger partial charge >= 0.3 is 0 Å². The molecule has 2 aromatic rings. The van der Waals surface area contributed by atoms with Crippen LogP contribution >= 0.6 is 12.2 Å². The van der Waals surface area contributed by atoms with Crippen molar-refractivity contribution in [3.8, 4) is 5.75 Å². The fourth-order valence-electron chi connectivity index (χ4n) is 5.04. The highest BCUT2D eigenvalue weighted by atomic mass is 32.1. The number of nitrogens with zero attached hydrogens (tertiary/aromatic N) is 2. The third-order valence-electron chi connectivity index (χ3n) is 6.60. The highest BCUT2D eigenvalue weighted by molar-refractivity contribution is 7.80. The fraction of sp³-hybridized carbons (Fsp3) is 0.370. The van der Waals surface area contributed by atoms with Crippen LogP contribution in [-0.2, 0) is 9.59 Å². The molecule has 0 aromatic heterocycles. The van der Waals surface area contributed by atoms with Crippen LogP contribution in [0.25, 0.3) is 6.08 Å². The van der Waals surface area contributed by atoms with Gasteiger partial charge in [0.25, 0.3) is 11.8 Å². The summed E-state index contributed by atoms with van der Waals surface area (Å²) < 4.78 is 5.20. The molecule has 0 spiro atoms. The first-order valence-electron chi connectivity index (χ1n) is 11.6. The van der Waals surface area contributed by atoms with E-state index in [1.165, 1.54) is 16.2 Å². The Morgan fingerprint density at radius 1 is 1.18 bits per heavy atom. The topological polar surface area (TPSA) is 61.9 Å². The van der Waals surface area contributed by atoms with E-state index in [9.17, 15) is 9.59 Å². The van der Waals surface area contributed by atoms with Gasteiger partial charge in [0.1, 0.15) is 11.3 Å². The molecule has 2 aromatic carbocycles. The Morgan fingerprint density at radius 2 is 1.88 bits per heavy atom. The molecule has 0 saturated carbocycles. The van der Waals surface area contributed by atoms with E-state index in [4.69, 9.17) is 17.0 Å². The van der Waals surface area contributed by atoms with Crippen LogP contribution in [0.2, 0.25) is 0 Å². The van der Waals surface area contributed by atoms with Crippen molar-refractivity contribution in [1.29, 1.82) is 0 Å². The zero-order chi connectivity index (χ0) is 24.6. The average molecular weight is 478 g/mol. The van der Waals surface area contributed by atoms with Crippen molar-refractivity contribution in [2.75, 3.05) is 23.5 Å². The Hall–Kier alpha value is -3.19. The molecule has 0 aliphatic carbocycles. The molecule has 1 atom stereocenters. The third-order valence-corrected chi connectivity index (χ3v) is 6.88. The van der Waals surface area contributed by atoms with Gasteiger partial charge in [0, 0.05) is 17.8 Å². The lowest BCUT2D eigenvalue weighted by atomic mass is 9.79. The number of methoxy groups -OCH3 is 1. The Morgan fingerprint density at radius 3 is 2.53 bits per heavy atom. The van der Waals surface area contributed by atoms with Crippen LogP contribution in [0.5, 0.6) is 5.75 Å². The second kappa shape index (κ2) is 9.22. The summed E-state index contributed by atoms with van der Waals surface area (Å²) in [5.74, 6) is 0.107. The Labute approximate surface area is 206 Å². The first-order valence-corrected chi connectivity index (χ1v) is 12.0. The maximum atomic E-state index is 13.4.